The van der Waals surface area contributed by atoms with E-state index >= 15 is 0 Å². The van der Waals surface area contributed by atoms with Gasteiger partial charge in [-0.3, -0.25) is 4.90 Å². The molecular formula is C18H27N3O5. The molecule has 0 radical (unpaired) electrons. The van der Waals surface area contributed by atoms with Crippen LogP contribution in [0.25, 0.3) is 0 Å². The van der Waals surface area contributed by atoms with E-state index < -0.39 is 24.5 Å². The first-order valence-electron chi connectivity index (χ1n) is 8.59. The number of rotatable bonds is 9. The van der Waals surface area contributed by atoms with Crippen LogP contribution in [0, 0.1) is 0 Å². The van der Waals surface area contributed by atoms with E-state index in [2.05, 4.69) is 5.32 Å². The van der Waals surface area contributed by atoms with Gasteiger partial charge in [0.15, 0.2) is 0 Å². The number of urea groups is 2. The lowest BCUT2D eigenvalue weighted by Crippen LogP contribution is -2.56. The Kier molecular flexibility index (Phi) is 9.32. The van der Waals surface area contributed by atoms with Crippen molar-refractivity contribution >= 4 is 24.0 Å². The highest BCUT2D eigenvalue weighted by Gasteiger charge is 2.34. The van der Waals surface area contributed by atoms with Crippen molar-refractivity contribution in [2.45, 2.75) is 40.2 Å². The largest absolute Gasteiger partial charge is 0.359 e. The Morgan fingerprint density at radius 3 is 2.08 bits per heavy atom. The number of nitrogens with zero attached hydrogens (tertiary/aromatic N) is 2. The van der Waals surface area contributed by atoms with E-state index in [4.69, 9.17) is 9.47 Å². The third-order valence-corrected chi connectivity index (χ3v) is 3.57. The molecule has 0 bridgehead atoms. The second-order valence-electron chi connectivity index (χ2n) is 5.32. The van der Waals surface area contributed by atoms with Crippen LogP contribution in [-0.2, 0) is 14.3 Å². The number of carbonyl (C=O) groups is 3. The molecule has 0 saturated carbocycles. The summed E-state index contributed by atoms with van der Waals surface area (Å²) >= 11 is 0. The van der Waals surface area contributed by atoms with E-state index in [9.17, 15) is 14.4 Å². The molecule has 0 aliphatic heterocycles. The van der Waals surface area contributed by atoms with E-state index in [0.29, 0.717) is 25.2 Å². The minimum absolute atomic E-state index is 0.197. The number of amides is 4. The monoisotopic (exact) mass is 365 g/mol. The zero-order valence-electron chi connectivity index (χ0n) is 15.7. The molecule has 0 aliphatic carbocycles. The number of benzene rings is 1. The van der Waals surface area contributed by atoms with E-state index in [1.165, 1.54) is 4.90 Å². The van der Waals surface area contributed by atoms with Crippen LogP contribution in [0.1, 0.15) is 27.7 Å². The third kappa shape index (κ3) is 5.82. The molecular weight excluding hydrogens is 338 g/mol. The summed E-state index contributed by atoms with van der Waals surface area (Å²) in [7, 11) is 0. The predicted molar refractivity (Wildman–Crippen MR) is 97.8 cm³/mol. The van der Waals surface area contributed by atoms with Crippen LogP contribution in [-0.4, -0.2) is 55.5 Å². The highest BCUT2D eigenvalue weighted by atomic mass is 16.5. The number of ether oxygens (including phenoxy) is 2. The Morgan fingerprint density at radius 2 is 1.62 bits per heavy atom. The number of hydrogen-bond acceptors (Lipinski definition) is 5. The molecule has 0 saturated heterocycles. The lowest BCUT2D eigenvalue weighted by Gasteiger charge is -2.36. The molecule has 2 atom stereocenters. The molecule has 4 amide bonds. The molecule has 1 aromatic rings. The molecule has 8 heteroatoms. The van der Waals surface area contributed by atoms with Crippen molar-refractivity contribution in [3.8, 4) is 0 Å². The summed E-state index contributed by atoms with van der Waals surface area (Å²) in [6, 6.07) is 7.15. The highest BCUT2D eigenvalue weighted by molar-refractivity contribution is 6.13. The average Bonchev–Trinajstić information content (AvgIpc) is 2.61. The quantitative estimate of drug-likeness (QED) is 0.537. The molecule has 26 heavy (non-hydrogen) atoms. The van der Waals surface area contributed by atoms with Gasteiger partial charge in [0.2, 0.25) is 0 Å². The number of aldehydes is 1. The van der Waals surface area contributed by atoms with E-state index in [-0.39, 0.29) is 6.54 Å². The Balaban J connectivity index is 3.23. The second kappa shape index (κ2) is 11.2. The SMILES string of the molecule is CCOC(C)N(C(=O)N(C(=O)NCC=O)c1ccccc1)C(C)OCC. The minimum Gasteiger partial charge on any atom is -0.359 e. The van der Waals surface area contributed by atoms with Crippen molar-refractivity contribution in [3.05, 3.63) is 30.3 Å². The second-order valence-corrected chi connectivity index (χ2v) is 5.32. The molecule has 1 N–H and O–H groups in total. The molecule has 0 aliphatic rings. The van der Waals surface area contributed by atoms with Gasteiger partial charge in [-0.25, -0.2) is 14.5 Å². The van der Waals surface area contributed by atoms with Crippen molar-refractivity contribution in [2.24, 2.45) is 0 Å². The fourth-order valence-corrected chi connectivity index (χ4v) is 2.46. The third-order valence-electron chi connectivity index (χ3n) is 3.57. The zero-order valence-corrected chi connectivity index (χ0v) is 15.7. The number of para-hydroxylation sites is 1. The highest BCUT2D eigenvalue weighted by Crippen LogP contribution is 2.20. The lowest BCUT2D eigenvalue weighted by atomic mass is 10.3. The summed E-state index contributed by atoms with van der Waals surface area (Å²) in [5.74, 6) is 0. The van der Waals surface area contributed by atoms with Gasteiger partial charge in [0.05, 0.1) is 12.2 Å². The van der Waals surface area contributed by atoms with Gasteiger partial charge < -0.3 is 19.6 Å². The van der Waals surface area contributed by atoms with Gasteiger partial charge in [0.25, 0.3) is 0 Å². The number of imide groups is 1. The van der Waals surface area contributed by atoms with Crippen molar-refractivity contribution in [2.75, 3.05) is 24.7 Å². The summed E-state index contributed by atoms with van der Waals surface area (Å²) in [5, 5.41) is 2.40. The molecule has 2 unspecified atom stereocenters. The molecule has 1 rings (SSSR count). The molecule has 0 heterocycles. The number of hydrogen-bond donors (Lipinski definition) is 1. The Bertz CT molecular complexity index is 569. The van der Waals surface area contributed by atoms with Gasteiger partial charge >= 0.3 is 12.1 Å². The number of nitrogens with one attached hydrogen (secondary N) is 1. The van der Waals surface area contributed by atoms with E-state index in [0.717, 1.165) is 4.90 Å². The maximum absolute atomic E-state index is 13.2. The predicted octanol–water partition coefficient (Wildman–Crippen LogP) is 2.59. The number of carbonyl (C=O) groups excluding carboxylic acids is 3. The Morgan fingerprint density at radius 1 is 1.08 bits per heavy atom. The van der Waals surface area contributed by atoms with Crippen LogP contribution >= 0.6 is 0 Å². The van der Waals surface area contributed by atoms with Crippen molar-refractivity contribution < 1.29 is 23.9 Å². The maximum Gasteiger partial charge on any atom is 0.336 e. The standard InChI is InChI=1S/C18H27N3O5/c1-5-25-14(3)20(15(4)26-6-2)18(24)21(17(23)19-12-13-22)16-10-8-7-9-11-16/h7-11,13-15H,5-6,12H2,1-4H3,(H,19,23). The molecule has 1 aromatic carbocycles. The lowest BCUT2D eigenvalue weighted by molar-refractivity contribution is -0.108. The van der Waals surface area contributed by atoms with Gasteiger partial charge in [-0.15, -0.1) is 0 Å². The molecule has 0 fully saturated rings. The Hall–Kier alpha value is -2.45. The fourth-order valence-electron chi connectivity index (χ4n) is 2.46. The zero-order chi connectivity index (χ0) is 19.5. The fraction of sp³-hybridized carbons (Fsp3) is 0.500. The molecule has 0 spiro atoms. The van der Waals surface area contributed by atoms with Crippen LogP contribution < -0.4 is 10.2 Å². The van der Waals surface area contributed by atoms with Crippen LogP contribution in [0.15, 0.2) is 30.3 Å². The molecule has 0 aromatic heterocycles. The normalized spacial score (nSPS) is 12.8. The van der Waals surface area contributed by atoms with Crippen LogP contribution in [0.5, 0.6) is 0 Å². The minimum atomic E-state index is -0.703. The first-order valence-corrected chi connectivity index (χ1v) is 8.59. The summed E-state index contributed by atoms with van der Waals surface area (Å²) < 4.78 is 11.1. The molecule has 144 valence electrons. The molecule has 8 nitrogen and oxygen atoms in total. The maximum atomic E-state index is 13.2. The average molecular weight is 365 g/mol. The summed E-state index contributed by atoms with van der Waals surface area (Å²) in [6.07, 6.45) is -0.673. The summed E-state index contributed by atoms with van der Waals surface area (Å²) in [6.45, 7) is 7.65. The van der Waals surface area contributed by atoms with Crippen LogP contribution in [0.3, 0.4) is 0 Å². The number of anilines is 1. The summed E-state index contributed by atoms with van der Waals surface area (Å²) in [4.78, 5) is 38.7. The van der Waals surface area contributed by atoms with Gasteiger partial charge in [-0.2, -0.15) is 0 Å². The van der Waals surface area contributed by atoms with Crippen molar-refractivity contribution in [1.29, 1.82) is 0 Å². The first kappa shape index (κ1) is 21.6. The van der Waals surface area contributed by atoms with Crippen molar-refractivity contribution in [3.63, 3.8) is 0 Å². The van der Waals surface area contributed by atoms with Crippen LogP contribution in [0.2, 0.25) is 0 Å². The first-order chi connectivity index (χ1) is 12.5. The summed E-state index contributed by atoms with van der Waals surface area (Å²) in [5.41, 5.74) is 0.373. The van der Waals surface area contributed by atoms with E-state index in [1.54, 1.807) is 44.2 Å². The smallest absolute Gasteiger partial charge is 0.336 e. The van der Waals surface area contributed by atoms with Gasteiger partial charge in [0.1, 0.15) is 18.7 Å². The van der Waals surface area contributed by atoms with Crippen LogP contribution in [0.4, 0.5) is 15.3 Å². The Labute approximate surface area is 154 Å². The van der Waals surface area contributed by atoms with Crippen molar-refractivity contribution in [1.82, 2.24) is 10.2 Å². The van der Waals surface area contributed by atoms with Gasteiger partial charge in [0, 0.05) is 13.2 Å². The van der Waals surface area contributed by atoms with E-state index in [1.807, 2.05) is 13.8 Å². The van der Waals surface area contributed by atoms with Gasteiger partial charge in [-0.05, 0) is 39.8 Å². The van der Waals surface area contributed by atoms with Gasteiger partial charge in [-0.1, -0.05) is 18.2 Å². The topological polar surface area (TPSA) is 88.2 Å².